The second-order valence-electron chi connectivity index (χ2n) is 3.51. The maximum Gasteiger partial charge on any atom is 0.257 e. The molecule has 0 atom stereocenters. The fraction of sp³-hybridized carbons (Fsp3) is 0.0833. The zero-order valence-electron chi connectivity index (χ0n) is 9.40. The zero-order chi connectivity index (χ0) is 13.1. The number of anilines is 1. The van der Waals surface area contributed by atoms with Gasteiger partial charge in [-0.15, -0.1) is 0 Å². The number of halogens is 1. The number of carbonyl (C=O) groups excluding carboxylic acids is 1. The van der Waals surface area contributed by atoms with Gasteiger partial charge in [0, 0.05) is 10.0 Å². The van der Waals surface area contributed by atoms with E-state index >= 15 is 0 Å². The van der Waals surface area contributed by atoms with Crippen molar-refractivity contribution in [3.8, 4) is 6.07 Å². The summed E-state index contributed by atoms with van der Waals surface area (Å²) in [6.45, 7) is 1.74. The topological polar surface area (TPSA) is 65.8 Å². The molecule has 0 fully saturated rings. The minimum atomic E-state index is -0.235. The zero-order valence-corrected chi connectivity index (χ0v) is 11.8. The average molecular weight is 322 g/mol. The van der Waals surface area contributed by atoms with Crippen LogP contribution in [0.2, 0.25) is 0 Å². The molecule has 90 valence electrons. The standard InChI is InChI=1S/C12H8BrN3OS/c1-7-10(6-14)18-12(15-7)16-11(17)8-2-4-9(13)5-3-8/h2-5H,1H3,(H,15,16,17). The molecule has 0 saturated heterocycles. The van der Waals surface area contributed by atoms with Gasteiger partial charge >= 0.3 is 0 Å². The summed E-state index contributed by atoms with van der Waals surface area (Å²) >= 11 is 4.48. The van der Waals surface area contributed by atoms with Gasteiger partial charge in [-0.1, -0.05) is 27.3 Å². The molecule has 0 spiro atoms. The van der Waals surface area contributed by atoms with Crippen molar-refractivity contribution in [3.05, 3.63) is 44.9 Å². The predicted molar refractivity (Wildman–Crippen MR) is 73.7 cm³/mol. The van der Waals surface area contributed by atoms with Gasteiger partial charge in [-0.2, -0.15) is 5.26 Å². The lowest BCUT2D eigenvalue weighted by Gasteiger charge is -2.01. The van der Waals surface area contributed by atoms with Crippen LogP contribution in [0.25, 0.3) is 0 Å². The highest BCUT2D eigenvalue weighted by molar-refractivity contribution is 9.10. The number of nitrogens with zero attached hydrogens (tertiary/aromatic N) is 2. The van der Waals surface area contributed by atoms with Crippen LogP contribution < -0.4 is 5.32 Å². The van der Waals surface area contributed by atoms with Crippen molar-refractivity contribution in [2.75, 3.05) is 5.32 Å². The Morgan fingerprint density at radius 2 is 2.11 bits per heavy atom. The van der Waals surface area contributed by atoms with Crippen molar-refractivity contribution in [2.24, 2.45) is 0 Å². The number of rotatable bonds is 2. The number of nitriles is 1. The van der Waals surface area contributed by atoms with Crippen LogP contribution in [-0.4, -0.2) is 10.9 Å². The third-order valence-electron chi connectivity index (χ3n) is 2.23. The number of amides is 1. The molecular formula is C12H8BrN3OS. The molecule has 0 aliphatic carbocycles. The highest BCUT2D eigenvalue weighted by Gasteiger charge is 2.11. The Morgan fingerprint density at radius 3 is 2.67 bits per heavy atom. The molecule has 1 aromatic carbocycles. The first kappa shape index (κ1) is 12.7. The number of benzene rings is 1. The molecule has 18 heavy (non-hydrogen) atoms. The van der Waals surface area contributed by atoms with Crippen LogP contribution in [0.5, 0.6) is 0 Å². The highest BCUT2D eigenvalue weighted by atomic mass is 79.9. The summed E-state index contributed by atoms with van der Waals surface area (Å²) in [7, 11) is 0. The van der Waals surface area contributed by atoms with E-state index in [9.17, 15) is 4.79 Å². The fourth-order valence-electron chi connectivity index (χ4n) is 1.32. The van der Waals surface area contributed by atoms with Gasteiger partial charge in [-0.3, -0.25) is 10.1 Å². The van der Waals surface area contributed by atoms with Gasteiger partial charge in [-0.05, 0) is 31.2 Å². The van der Waals surface area contributed by atoms with E-state index in [1.807, 2.05) is 6.07 Å². The molecule has 0 unspecified atom stereocenters. The first-order valence-electron chi connectivity index (χ1n) is 5.04. The molecule has 1 N–H and O–H groups in total. The van der Waals surface area contributed by atoms with Crippen LogP contribution in [0.15, 0.2) is 28.7 Å². The quantitative estimate of drug-likeness (QED) is 0.922. The van der Waals surface area contributed by atoms with Crippen molar-refractivity contribution < 1.29 is 4.79 Å². The predicted octanol–water partition coefficient (Wildman–Crippen LogP) is 3.34. The maximum atomic E-state index is 11.9. The Balaban J connectivity index is 2.16. The van der Waals surface area contributed by atoms with Crippen molar-refractivity contribution in [3.63, 3.8) is 0 Å². The number of aryl methyl sites for hydroxylation is 1. The molecule has 1 amide bonds. The van der Waals surface area contributed by atoms with Crippen LogP contribution in [0.3, 0.4) is 0 Å². The number of nitrogens with one attached hydrogen (secondary N) is 1. The minimum Gasteiger partial charge on any atom is -0.298 e. The normalized spacial score (nSPS) is 9.83. The monoisotopic (exact) mass is 321 g/mol. The summed E-state index contributed by atoms with van der Waals surface area (Å²) in [5.41, 5.74) is 1.18. The first-order valence-corrected chi connectivity index (χ1v) is 6.65. The summed E-state index contributed by atoms with van der Waals surface area (Å²) in [6, 6.07) is 9.05. The van der Waals surface area contributed by atoms with Crippen molar-refractivity contribution in [2.45, 2.75) is 6.92 Å². The van der Waals surface area contributed by atoms with E-state index in [1.54, 1.807) is 31.2 Å². The molecule has 2 aromatic rings. The molecule has 2 rings (SSSR count). The lowest BCUT2D eigenvalue weighted by Crippen LogP contribution is -2.11. The van der Waals surface area contributed by atoms with E-state index < -0.39 is 0 Å². The van der Waals surface area contributed by atoms with Gasteiger partial charge in [0.1, 0.15) is 10.9 Å². The van der Waals surface area contributed by atoms with Crippen molar-refractivity contribution in [1.82, 2.24) is 4.98 Å². The molecule has 0 aliphatic rings. The Morgan fingerprint density at radius 1 is 1.44 bits per heavy atom. The minimum absolute atomic E-state index is 0.235. The van der Waals surface area contributed by atoms with Gasteiger partial charge in [0.05, 0.1) is 5.69 Å². The molecule has 0 aliphatic heterocycles. The Hall–Kier alpha value is -1.71. The van der Waals surface area contributed by atoms with Gasteiger partial charge in [0.2, 0.25) is 0 Å². The van der Waals surface area contributed by atoms with Crippen LogP contribution in [-0.2, 0) is 0 Å². The Kier molecular flexibility index (Phi) is 3.75. The smallest absolute Gasteiger partial charge is 0.257 e. The van der Waals surface area contributed by atoms with E-state index in [-0.39, 0.29) is 5.91 Å². The molecular weight excluding hydrogens is 314 g/mol. The van der Waals surface area contributed by atoms with Crippen LogP contribution >= 0.6 is 27.3 Å². The average Bonchev–Trinajstić information content (AvgIpc) is 2.70. The third-order valence-corrected chi connectivity index (χ3v) is 3.73. The number of thiazole rings is 1. The lowest BCUT2D eigenvalue weighted by molar-refractivity contribution is 0.102. The molecule has 4 nitrogen and oxygen atoms in total. The molecule has 0 radical (unpaired) electrons. The highest BCUT2D eigenvalue weighted by Crippen LogP contribution is 2.22. The van der Waals surface area contributed by atoms with Crippen molar-refractivity contribution in [1.29, 1.82) is 5.26 Å². The number of carbonyl (C=O) groups is 1. The molecule has 1 aromatic heterocycles. The number of aromatic nitrogens is 1. The maximum absolute atomic E-state index is 11.9. The first-order chi connectivity index (χ1) is 8.60. The van der Waals surface area contributed by atoms with Crippen LogP contribution in [0.1, 0.15) is 20.9 Å². The summed E-state index contributed by atoms with van der Waals surface area (Å²) in [6.07, 6.45) is 0. The van der Waals surface area contributed by atoms with E-state index in [4.69, 9.17) is 5.26 Å². The molecule has 0 saturated carbocycles. The summed E-state index contributed by atoms with van der Waals surface area (Å²) in [5, 5.41) is 11.9. The van der Waals surface area contributed by atoms with E-state index in [2.05, 4.69) is 26.2 Å². The van der Waals surface area contributed by atoms with E-state index in [1.165, 1.54) is 11.3 Å². The third kappa shape index (κ3) is 2.75. The van der Waals surface area contributed by atoms with Gasteiger partial charge < -0.3 is 0 Å². The Bertz CT molecular complexity index is 628. The van der Waals surface area contributed by atoms with Gasteiger partial charge in [0.15, 0.2) is 5.13 Å². The fourth-order valence-corrected chi connectivity index (χ4v) is 2.35. The summed E-state index contributed by atoms with van der Waals surface area (Å²) in [5.74, 6) is -0.235. The molecule has 0 bridgehead atoms. The Labute approximate surface area is 116 Å². The molecule has 6 heteroatoms. The van der Waals surface area contributed by atoms with Crippen LogP contribution in [0, 0.1) is 18.3 Å². The molecule has 1 heterocycles. The van der Waals surface area contributed by atoms with Gasteiger partial charge in [0.25, 0.3) is 5.91 Å². The number of hydrogen-bond acceptors (Lipinski definition) is 4. The van der Waals surface area contributed by atoms with Crippen LogP contribution in [0.4, 0.5) is 5.13 Å². The SMILES string of the molecule is Cc1nc(NC(=O)c2ccc(Br)cc2)sc1C#N. The summed E-state index contributed by atoms with van der Waals surface area (Å²) < 4.78 is 0.913. The summed E-state index contributed by atoms with van der Waals surface area (Å²) in [4.78, 5) is 16.5. The lowest BCUT2D eigenvalue weighted by atomic mass is 10.2. The van der Waals surface area contributed by atoms with E-state index in [0.717, 1.165) is 4.47 Å². The second kappa shape index (κ2) is 5.29. The number of hydrogen-bond donors (Lipinski definition) is 1. The largest absolute Gasteiger partial charge is 0.298 e. The van der Waals surface area contributed by atoms with Gasteiger partial charge in [-0.25, -0.2) is 4.98 Å². The van der Waals surface area contributed by atoms with Crippen molar-refractivity contribution >= 4 is 38.3 Å². The second-order valence-corrected chi connectivity index (χ2v) is 5.42. The van der Waals surface area contributed by atoms with E-state index in [0.29, 0.717) is 21.3 Å².